The Morgan fingerprint density at radius 3 is 2.35 bits per heavy atom. The van der Waals surface area contributed by atoms with Crippen molar-refractivity contribution in [1.82, 2.24) is 9.80 Å². The van der Waals surface area contributed by atoms with Crippen LogP contribution in [0, 0.1) is 0 Å². The maximum Gasteiger partial charge on any atom is 0.0589 e. The van der Waals surface area contributed by atoms with E-state index in [0.29, 0.717) is 0 Å². The highest BCUT2D eigenvalue weighted by Gasteiger charge is 2.16. The van der Waals surface area contributed by atoms with E-state index in [0.717, 1.165) is 51.6 Å². The lowest BCUT2D eigenvalue weighted by Gasteiger charge is -2.34. The van der Waals surface area contributed by atoms with Crippen molar-refractivity contribution in [2.75, 3.05) is 52.2 Å². The monoisotopic (exact) mass is 321 g/mol. The lowest BCUT2D eigenvalue weighted by Crippen LogP contribution is -2.46. The molecule has 116 valence electrons. The molecule has 0 bridgehead atoms. The molecule has 4 nitrogen and oxygen atoms in total. The zero-order valence-electron chi connectivity index (χ0n) is 12.0. The molecule has 1 saturated heterocycles. The fourth-order valence-corrected chi connectivity index (χ4v) is 2.34. The fraction of sp³-hybridized carbons (Fsp3) is 0.571. The molecule has 0 amide bonds. The van der Waals surface area contributed by atoms with Crippen molar-refractivity contribution in [3.8, 4) is 0 Å². The van der Waals surface area contributed by atoms with Gasteiger partial charge in [-0.25, -0.2) is 0 Å². The smallest absolute Gasteiger partial charge is 0.0589 e. The number of rotatable bonds is 5. The average molecular weight is 322 g/mol. The van der Waals surface area contributed by atoms with Crippen molar-refractivity contribution in [1.29, 1.82) is 0 Å². The topological polar surface area (TPSA) is 41.7 Å². The number of methoxy groups -OCH3 is 1. The van der Waals surface area contributed by atoms with Crippen LogP contribution in [0.2, 0.25) is 0 Å². The summed E-state index contributed by atoms with van der Waals surface area (Å²) in [5.74, 6) is 0. The summed E-state index contributed by atoms with van der Waals surface area (Å²) >= 11 is 0. The Labute approximate surface area is 134 Å². The fourth-order valence-electron chi connectivity index (χ4n) is 2.34. The van der Waals surface area contributed by atoms with Gasteiger partial charge in [-0.1, -0.05) is 12.1 Å². The van der Waals surface area contributed by atoms with Crippen LogP contribution in [-0.2, 0) is 11.3 Å². The predicted molar refractivity (Wildman–Crippen MR) is 88.9 cm³/mol. The Kier molecular flexibility index (Phi) is 9.98. The largest absolute Gasteiger partial charge is 0.399 e. The van der Waals surface area contributed by atoms with Crippen molar-refractivity contribution < 1.29 is 4.74 Å². The van der Waals surface area contributed by atoms with Crippen LogP contribution in [0.3, 0.4) is 0 Å². The molecule has 2 N–H and O–H groups in total. The van der Waals surface area contributed by atoms with Gasteiger partial charge >= 0.3 is 0 Å². The van der Waals surface area contributed by atoms with Crippen LogP contribution in [0.25, 0.3) is 0 Å². The SMILES string of the molecule is COCCN1CCN(Cc2cccc(N)c2)CC1.Cl.Cl. The predicted octanol–water partition coefficient (Wildman–Crippen LogP) is 1.88. The van der Waals surface area contributed by atoms with E-state index in [1.807, 2.05) is 12.1 Å². The number of nitrogen functional groups attached to an aromatic ring is 1. The average Bonchev–Trinajstić information content (AvgIpc) is 2.38. The number of ether oxygens (including phenoxy) is 1. The van der Waals surface area contributed by atoms with Crippen LogP contribution >= 0.6 is 24.8 Å². The zero-order valence-corrected chi connectivity index (χ0v) is 13.6. The van der Waals surface area contributed by atoms with Crippen LogP contribution in [0.4, 0.5) is 5.69 Å². The maximum absolute atomic E-state index is 5.80. The summed E-state index contributed by atoms with van der Waals surface area (Å²) in [5.41, 5.74) is 7.96. The summed E-state index contributed by atoms with van der Waals surface area (Å²) in [6.45, 7) is 7.38. The van der Waals surface area contributed by atoms with Crippen molar-refractivity contribution >= 4 is 30.5 Å². The molecule has 1 aromatic carbocycles. The van der Waals surface area contributed by atoms with Gasteiger partial charge in [-0.3, -0.25) is 9.80 Å². The number of halogens is 2. The van der Waals surface area contributed by atoms with E-state index >= 15 is 0 Å². The minimum atomic E-state index is 0. The third kappa shape index (κ3) is 6.29. The van der Waals surface area contributed by atoms with Gasteiger partial charge in [0.15, 0.2) is 0 Å². The molecule has 1 aliphatic rings. The van der Waals surface area contributed by atoms with Crippen LogP contribution in [0.1, 0.15) is 5.56 Å². The molecule has 0 spiro atoms. The second-order valence-corrected chi connectivity index (χ2v) is 4.86. The number of hydrogen-bond donors (Lipinski definition) is 1. The molecule has 1 heterocycles. The maximum atomic E-state index is 5.80. The van der Waals surface area contributed by atoms with Gasteiger partial charge in [0, 0.05) is 52.1 Å². The first-order valence-corrected chi connectivity index (χ1v) is 6.56. The minimum Gasteiger partial charge on any atom is -0.399 e. The van der Waals surface area contributed by atoms with Gasteiger partial charge in [0.25, 0.3) is 0 Å². The highest BCUT2D eigenvalue weighted by Crippen LogP contribution is 2.11. The summed E-state index contributed by atoms with van der Waals surface area (Å²) in [7, 11) is 1.76. The van der Waals surface area contributed by atoms with Crippen molar-refractivity contribution in [3.05, 3.63) is 29.8 Å². The number of hydrogen-bond acceptors (Lipinski definition) is 4. The van der Waals surface area contributed by atoms with E-state index in [-0.39, 0.29) is 24.8 Å². The van der Waals surface area contributed by atoms with E-state index in [2.05, 4.69) is 21.9 Å². The van der Waals surface area contributed by atoms with E-state index in [1.54, 1.807) is 7.11 Å². The highest BCUT2D eigenvalue weighted by molar-refractivity contribution is 5.85. The van der Waals surface area contributed by atoms with Gasteiger partial charge in [-0.05, 0) is 17.7 Å². The lowest BCUT2D eigenvalue weighted by atomic mass is 10.2. The van der Waals surface area contributed by atoms with Gasteiger partial charge in [0.1, 0.15) is 0 Å². The molecule has 0 radical (unpaired) electrons. The molecule has 0 saturated carbocycles. The first kappa shape index (κ1) is 19.5. The molecule has 1 fully saturated rings. The Balaban J connectivity index is 0.00000180. The summed E-state index contributed by atoms with van der Waals surface area (Å²) in [6.07, 6.45) is 0. The molecule has 1 aliphatic heterocycles. The first-order chi connectivity index (χ1) is 8.78. The normalized spacial score (nSPS) is 16.2. The molecule has 0 unspecified atom stereocenters. The summed E-state index contributed by atoms with van der Waals surface area (Å²) in [4.78, 5) is 4.94. The highest BCUT2D eigenvalue weighted by atomic mass is 35.5. The minimum absolute atomic E-state index is 0. The van der Waals surface area contributed by atoms with Gasteiger partial charge in [-0.15, -0.1) is 24.8 Å². The number of anilines is 1. The molecule has 6 heteroatoms. The Hall–Kier alpha value is -0.520. The van der Waals surface area contributed by atoms with Gasteiger partial charge < -0.3 is 10.5 Å². The van der Waals surface area contributed by atoms with Crippen LogP contribution in [-0.4, -0.2) is 56.2 Å². The molecular formula is C14H25Cl2N3O. The molecule has 0 aliphatic carbocycles. The number of benzene rings is 1. The van der Waals surface area contributed by atoms with Crippen molar-refractivity contribution in [2.45, 2.75) is 6.54 Å². The van der Waals surface area contributed by atoms with Crippen molar-refractivity contribution in [2.24, 2.45) is 0 Å². The standard InChI is InChI=1S/C14H23N3O.2ClH/c1-18-10-9-16-5-7-17(8-6-16)12-13-3-2-4-14(15)11-13;;/h2-4,11H,5-10,12,15H2,1H3;2*1H. The quantitative estimate of drug-likeness (QED) is 0.841. The van der Waals surface area contributed by atoms with Crippen molar-refractivity contribution in [3.63, 3.8) is 0 Å². The van der Waals surface area contributed by atoms with Crippen LogP contribution in [0.5, 0.6) is 0 Å². The van der Waals surface area contributed by atoms with Gasteiger partial charge in [0.05, 0.1) is 6.61 Å². The molecular weight excluding hydrogens is 297 g/mol. The third-order valence-electron chi connectivity index (χ3n) is 3.43. The third-order valence-corrected chi connectivity index (χ3v) is 3.43. The first-order valence-electron chi connectivity index (χ1n) is 6.56. The molecule has 2 rings (SSSR count). The lowest BCUT2D eigenvalue weighted by molar-refractivity contribution is 0.0938. The van der Waals surface area contributed by atoms with Crippen LogP contribution < -0.4 is 5.73 Å². The number of piperazine rings is 1. The summed E-state index contributed by atoms with van der Waals surface area (Å²) < 4.78 is 5.11. The Bertz CT molecular complexity index is 371. The van der Waals surface area contributed by atoms with E-state index in [9.17, 15) is 0 Å². The Morgan fingerprint density at radius 2 is 1.75 bits per heavy atom. The Morgan fingerprint density at radius 1 is 1.10 bits per heavy atom. The number of nitrogens with two attached hydrogens (primary N) is 1. The van der Waals surface area contributed by atoms with E-state index < -0.39 is 0 Å². The second-order valence-electron chi connectivity index (χ2n) is 4.86. The van der Waals surface area contributed by atoms with E-state index in [4.69, 9.17) is 10.5 Å². The molecule has 0 aromatic heterocycles. The number of nitrogens with zero attached hydrogens (tertiary/aromatic N) is 2. The van der Waals surface area contributed by atoms with Gasteiger partial charge in [-0.2, -0.15) is 0 Å². The molecule has 20 heavy (non-hydrogen) atoms. The summed E-state index contributed by atoms with van der Waals surface area (Å²) in [6, 6.07) is 8.18. The molecule has 0 atom stereocenters. The van der Waals surface area contributed by atoms with Gasteiger partial charge in [0.2, 0.25) is 0 Å². The van der Waals surface area contributed by atoms with Crippen LogP contribution in [0.15, 0.2) is 24.3 Å². The zero-order chi connectivity index (χ0) is 12.8. The van der Waals surface area contributed by atoms with E-state index in [1.165, 1.54) is 5.56 Å². The summed E-state index contributed by atoms with van der Waals surface area (Å²) in [5, 5.41) is 0. The molecule has 1 aromatic rings. The second kappa shape index (κ2) is 10.2.